The molecule has 2 N–H and O–H groups in total. The van der Waals surface area contributed by atoms with Gasteiger partial charge in [-0.05, 0) is 101 Å². The summed E-state index contributed by atoms with van der Waals surface area (Å²) in [5, 5.41) is 5.53. The zero-order valence-corrected chi connectivity index (χ0v) is 37.7. The van der Waals surface area contributed by atoms with Crippen LogP contribution in [0, 0.1) is 23.7 Å². The van der Waals surface area contributed by atoms with Crippen LogP contribution in [0.2, 0.25) is 0 Å². The Bertz CT molecular complexity index is 2240. The van der Waals surface area contributed by atoms with Gasteiger partial charge in [0.2, 0.25) is 11.8 Å². The summed E-state index contributed by atoms with van der Waals surface area (Å²) in [6, 6.07) is 12.5. The molecule has 8 rings (SSSR count). The van der Waals surface area contributed by atoms with E-state index in [0.29, 0.717) is 49.9 Å². The minimum absolute atomic E-state index is 0.0866. The molecule has 13 nitrogen and oxygen atoms in total. The van der Waals surface area contributed by atoms with E-state index >= 15 is 0 Å². The van der Waals surface area contributed by atoms with Crippen molar-refractivity contribution in [3.8, 4) is 11.1 Å². The molecule has 0 saturated carbocycles. The highest BCUT2D eigenvalue weighted by Gasteiger charge is 2.46. The molecule has 62 heavy (non-hydrogen) atoms. The Balaban J connectivity index is 0.980. The molecule has 0 radical (unpaired) electrons. The molecule has 330 valence electrons. The summed E-state index contributed by atoms with van der Waals surface area (Å²) in [6.07, 6.45) is 8.06. The molecule has 3 saturated heterocycles. The lowest BCUT2D eigenvalue weighted by atomic mass is 9.80. The third-order valence-corrected chi connectivity index (χ3v) is 14.2. The molecular weight excluding hydrogens is 783 g/mol. The number of nitrogens with one attached hydrogen (secondary N) is 2. The lowest BCUT2D eigenvalue weighted by molar-refractivity contribution is -0.135. The number of benzene rings is 2. The molecule has 2 bridgehead atoms. The number of carbonyl (C=O) groups is 4. The monoisotopic (exact) mass is 845 g/mol. The Hall–Kier alpha value is -5.30. The van der Waals surface area contributed by atoms with Crippen LogP contribution < -0.4 is 10.6 Å². The van der Waals surface area contributed by atoms with Gasteiger partial charge in [0.25, 0.3) is 0 Å². The summed E-state index contributed by atoms with van der Waals surface area (Å²) >= 11 is 0. The fraction of sp³-hybridized carbons (Fsp3) is 0.551. The third kappa shape index (κ3) is 7.97. The summed E-state index contributed by atoms with van der Waals surface area (Å²) in [4.78, 5) is 68.4. The van der Waals surface area contributed by atoms with E-state index in [-0.39, 0.29) is 35.7 Å². The third-order valence-electron chi connectivity index (χ3n) is 14.2. The molecule has 2 aromatic carbocycles. The molecule has 0 spiro atoms. The van der Waals surface area contributed by atoms with Crippen LogP contribution in [-0.4, -0.2) is 109 Å². The van der Waals surface area contributed by atoms with Crippen LogP contribution in [0.1, 0.15) is 114 Å². The van der Waals surface area contributed by atoms with Crippen molar-refractivity contribution in [2.45, 2.75) is 116 Å². The van der Waals surface area contributed by atoms with Crippen molar-refractivity contribution in [1.82, 2.24) is 25.3 Å². The summed E-state index contributed by atoms with van der Waals surface area (Å²) in [5.41, 5.74) is 12.0. The predicted octanol–water partition coefficient (Wildman–Crippen LogP) is 7.78. The second kappa shape index (κ2) is 17.5. The lowest BCUT2D eigenvalue weighted by Crippen LogP contribution is -2.53. The Labute approximate surface area is 366 Å². The Morgan fingerprint density at radius 1 is 0.629 bits per heavy atom. The van der Waals surface area contributed by atoms with Gasteiger partial charge in [0.1, 0.15) is 12.1 Å². The number of amides is 4. The number of ether oxygens (including phenoxy) is 2. The first-order valence-corrected chi connectivity index (χ1v) is 22.5. The molecular formula is C49H63N7O6. The molecule has 0 aromatic heterocycles. The van der Waals surface area contributed by atoms with Gasteiger partial charge < -0.3 is 29.9 Å². The van der Waals surface area contributed by atoms with Crippen molar-refractivity contribution in [2.24, 2.45) is 33.7 Å². The maximum Gasteiger partial charge on any atom is 0.407 e. The number of methoxy groups -OCH3 is 2. The van der Waals surface area contributed by atoms with E-state index in [1.165, 1.54) is 47.6 Å². The smallest absolute Gasteiger partial charge is 0.407 e. The highest BCUT2D eigenvalue weighted by Crippen LogP contribution is 2.57. The van der Waals surface area contributed by atoms with Crippen molar-refractivity contribution >= 4 is 46.6 Å². The van der Waals surface area contributed by atoms with Crippen molar-refractivity contribution < 1.29 is 28.7 Å². The summed E-state index contributed by atoms with van der Waals surface area (Å²) in [6.45, 7) is 13.3. The fourth-order valence-electron chi connectivity index (χ4n) is 11.0. The van der Waals surface area contributed by atoms with Gasteiger partial charge >= 0.3 is 12.2 Å². The average Bonchev–Trinajstić information content (AvgIpc) is 4.13. The van der Waals surface area contributed by atoms with Gasteiger partial charge in [-0.15, -0.1) is 0 Å². The van der Waals surface area contributed by atoms with Gasteiger partial charge in [0.15, 0.2) is 0 Å². The molecule has 3 unspecified atom stereocenters. The number of hydrogen-bond acceptors (Lipinski definition) is 9. The van der Waals surface area contributed by atoms with Crippen LogP contribution in [-0.2, 0) is 19.1 Å². The molecule has 6 heterocycles. The second-order valence-electron chi connectivity index (χ2n) is 19.2. The van der Waals surface area contributed by atoms with Crippen molar-refractivity contribution in [1.29, 1.82) is 0 Å². The largest absolute Gasteiger partial charge is 0.453 e. The maximum atomic E-state index is 14.0. The zero-order chi connectivity index (χ0) is 44.1. The van der Waals surface area contributed by atoms with E-state index in [4.69, 9.17) is 19.5 Å². The van der Waals surface area contributed by atoms with E-state index in [9.17, 15) is 19.2 Å². The zero-order valence-electron chi connectivity index (χ0n) is 37.7. The quantitative estimate of drug-likeness (QED) is 0.235. The summed E-state index contributed by atoms with van der Waals surface area (Å²) in [5.74, 6) is 0.269. The molecule has 8 atom stereocenters. The number of aliphatic imine (C=N–C) groups is 2. The number of rotatable bonds is 11. The van der Waals surface area contributed by atoms with Crippen LogP contribution in [0.5, 0.6) is 0 Å². The Morgan fingerprint density at radius 3 is 1.55 bits per heavy atom. The fourth-order valence-corrected chi connectivity index (χ4v) is 11.0. The van der Waals surface area contributed by atoms with Crippen LogP contribution in [0.4, 0.5) is 9.59 Å². The van der Waals surface area contributed by atoms with Gasteiger partial charge in [-0.3, -0.25) is 24.5 Å². The van der Waals surface area contributed by atoms with Crippen LogP contribution >= 0.6 is 0 Å². The molecule has 0 aliphatic carbocycles. The number of carbonyl (C=O) groups excluding carboxylic acids is 4. The van der Waals surface area contributed by atoms with E-state index in [1.807, 2.05) is 49.9 Å². The number of fused-ring (bicyclic) bond motifs is 5. The first-order valence-electron chi connectivity index (χ1n) is 22.5. The molecule has 3 fully saturated rings. The maximum absolute atomic E-state index is 14.0. The molecule has 6 aliphatic rings. The van der Waals surface area contributed by atoms with Crippen molar-refractivity contribution in [3.05, 3.63) is 71.1 Å². The van der Waals surface area contributed by atoms with Gasteiger partial charge in [-0.1, -0.05) is 77.9 Å². The SMILES string of the molecule is COC(=O)N[C@H](C(=O)N1C[C@@H](C)C[C@H]1C1=NC=C(c2ccc(-c3ccc(C4=CN=C(C5C[C@H](C)CN5C(=O)[C@H](NC(=O)OC)C(C)C)C4)cc3)c3c2C2CCC3N2C)C1)C(C)C. The first kappa shape index (κ1) is 43.4. The van der Waals surface area contributed by atoms with E-state index in [1.54, 1.807) is 0 Å². The molecule has 6 aliphatic heterocycles. The molecule has 13 heteroatoms. The van der Waals surface area contributed by atoms with Crippen molar-refractivity contribution in [2.75, 3.05) is 34.4 Å². The van der Waals surface area contributed by atoms with Gasteiger partial charge in [-0.25, -0.2) is 9.59 Å². The molecule has 4 amide bonds. The Kier molecular flexibility index (Phi) is 12.2. The van der Waals surface area contributed by atoms with E-state index in [2.05, 4.69) is 72.8 Å². The topological polar surface area (TPSA) is 145 Å². The predicted molar refractivity (Wildman–Crippen MR) is 241 cm³/mol. The van der Waals surface area contributed by atoms with Gasteiger partial charge in [0.05, 0.1) is 26.3 Å². The highest BCUT2D eigenvalue weighted by molar-refractivity contribution is 6.05. The van der Waals surface area contributed by atoms with Gasteiger partial charge in [-0.2, -0.15) is 0 Å². The number of hydrogen-bond donors (Lipinski definition) is 2. The van der Waals surface area contributed by atoms with Crippen LogP contribution in [0.15, 0.2) is 58.8 Å². The van der Waals surface area contributed by atoms with Crippen molar-refractivity contribution in [3.63, 3.8) is 0 Å². The molecule has 2 aromatic rings. The number of alkyl carbamates (subject to hydrolysis) is 2. The number of likely N-dealkylation sites (tertiary alicyclic amines) is 2. The normalized spacial score (nSPS) is 26.3. The first-order chi connectivity index (χ1) is 29.7. The van der Waals surface area contributed by atoms with E-state index < -0.39 is 24.3 Å². The minimum Gasteiger partial charge on any atom is -0.453 e. The summed E-state index contributed by atoms with van der Waals surface area (Å²) < 4.78 is 9.68. The highest BCUT2D eigenvalue weighted by atomic mass is 16.5. The lowest BCUT2D eigenvalue weighted by Gasteiger charge is -2.31. The second-order valence-corrected chi connectivity index (χ2v) is 19.2. The number of nitrogens with zero attached hydrogens (tertiary/aromatic N) is 5. The number of allylic oxidation sites excluding steroid dienone is 2. The van der Waals surface area contributed by atoms with Crippen LogP contribution in [0.25, 0.3) is 22.3 Å². The van der Waals surface area contributed by atoms with Crippen LogP contribution in [0.3, 0.4) is 0 Å². The summed E-state index contributed by atoms with van der Waals surface area (Å²) in [7, 11) is 4.88. The standard InChI is InChI=1S/C49H63N7O6/c1-26(2)44(52-48(59)61-8)46(57)55-24-28(5)18-40(55)36-20-32(22-50-36)30-10-12-31(13-11-30)34-14-15-35(43-39-17-16-38(42(34)43)54(39)7)33-21-37(51-23-33)41-19-29(6)25-56(41)47(58)45(27(3)4)53-49(60)62-9/h10-15,22-23,26-29,38-41,44-45H,16-21,24-25H2,1-9H3,(H,52,59)(H,53,60)/t28-,29-,38?,39?,40?,41-,44+,45-/m0/s1. The minimum atomic E-state index is -0.674. The average molecular weight is 846 g/mol. The van der Waals surface area contributed by atoms with E-state index in [0.717, 1.165) is 48.2 Å². The van der Waals surface area contributed by atoms with Gasteiger partial charge in [0, 0.05) is 61.8 Å². The Morgan fingerprint density at radius 2 is 1.06 bits per heavy atom.